The fourth-order valence-electron chi connectivity index (χ4n) is 1.55. The van der Waals surface area contributed by atoms with Crippen LogP contribution in [0.2, 0.25) is 0 Å². The van der Waals surface area contributed by atoms with Gasteiger partial charge in [-0.3, -0.25) is 4.55 Å². The zero-order valence-electron chi connectivity index (χ0n) is 11.4. The minimum atomic E-state index is -4.43. The number of azo groups is 1. The molecule has 0 bridgehead atoms. The first-order valence-corrected chi connectivity index (χ1v) is 8.12. The van der Waals surface area contributed by atoms with Crippen LogP contribution >= 0.6 is 12.0 Å². The van der Waals surface area contributed by atoms with Gasteiger partial charge in [0.05, 0.1) is 29.1 Å². The average Bonchev–Trinajstić information content (AvgIpc) is 2.52. The quantitative estimate of drug-likeness (QED) is 0.178. The van der Waals surface area contributed by atoms with E-state index in [0.29, 0.717) is 10.6 Å². The molecule has 0 aliphatic rings. The molecule has 0 unspecified atom stereocenters. The van der Waals surface area contributed by atoms with Crippen LogP contribution in [0.3, 0.4) is 0 Å². The summed E-state index contributed by atoms with van der Waals surface area (Å²) in [6, 6.07) is 10.4. The number of rotatable bonds is 6. The molecular weight excluding hydrogens is 346 g/mol. The standard InChI is InChI=1S/C12H11N3O6S2/c13-11-6-3-9(7-12(11)23(17,18)19)15-14-8-1-4-10(5-2-8)22-21-20-16/h1-7,16H,13H2,(H,17,18,19). The van der Waals surface area contributed by atoms with Crippen molar-refractivity contribution < 1.29 is 27.6 Å². The number of anilines is 1. The predicted molar refractivity (Wildman–Crippen MR) is 81.9 cm³/mol. The molecule has 9 nitrogen and oxygen atoms in total. The number of nitrogens with zero attached hydrogens (tertiary/aromatic N) is 2. The minimum absolute atomic E-state index is 0.0843. The molecule has 0 saturated carbocycles. The molecule has 0 aliphatic heterocycles. The third kappa shape index (κ3) is 4.99. The molecule has 11 heteroatoms. The van der Waals surface area contributed by atoms with Crippen molar-refractivity contribution in [1.29, 1.82) is 0 Å². The maximum absolute atomic E-state index is 11.2. The van der Waals surface area contributed by atoms with Gasteiger partial charge in [-0.05, 0) is 42.5 Å². The predicted octanol–water partition coefficient (Wildman–Crippen LogP) is 3.36. The molecule has 0 radical (unpaired) electrons. The van der Waals surface area contributed by atoms with E-state index in [1.54, 1.807) is 24.3 Å². The van der Waals surface area contributed by atoms with Crippen molar-refractivity contribution in [3.05, 3.63) is 42.5 Å². The summed E-state index contributed by atoms with van der Waals surface area (Å²) in [6.45, 7) is 0. The fourth-order valence-corrected chi connectivity index (χ4v) is 2.54. The maximum Gasteiger partial charge on any atom is 0.296 e. The van der Waals surface area contributed by atoms with Crippen molar-refractivity contribution >= 4 is 39.2 Å². The highest BCUT2D eigenvalue weighted by Gasteiger charge is 2.14. The summed E-state index contributed by atoms with van der Waals surface area (Å²) in [5.41, 5.74) is 6.10. The van der Waals surface area contributed by atoms with Gasteiger partial charge in [0.25, 0.3) is 10.1 Å². The molecule has 0 atom stereocenters. The Morgan fingerprint density at radius 1 is 1.04 bits per heavy atom. The summed E-state index contributed by atoms with van der Waals surface area (Å²) in [7, 11) is -4.43. The lowest BCUT2D eigenvalue weighted by Gasteiger charge is -2.02. The first-order valence-electron chi connectivity index (χ1n) is 5.94. The topological polar surface area (TPSA) is 144 Å². The smallest absolute Gasteiger partial charge is 0.296 e. The maximum atomic E-state index is 11.2. The molecule has 0 spiro atoms. The van der Waals surface area contributed by atoms with Crippen LogP contribution in [0.1, 0.15) is 0 Å². The van der Waals surface area contributed by atoms with Gasteiger partial charge < -0.3 is 5.73 Å². The first kappa shape index (κ1) is 17.3. The Hall–Kier alpha value is -2.02. The highest BCUT2D eigenvalue weighted by molar-refractivity contribution is 7.94. The van der Waals surface area contributed by atoms with Crippen molar-refractivity contribution in [2.75, 3.05) is 5.73 Å². The highest BCUT2D eigenvalue weighted by Crippen LogP contribution is 2.27. The van der Waals surface area contributed by atoms with Crippen LogP contribution in [-0.4, -0.2) is 18.2 Å². The second-order valence-corrected chi connectivity index (χ2v) is 6.28. The van der Waals surface area contributed by atoms with Gasteiger partial charge in [0.15, 0.2) is 0 Å². The molecular formula is C12H11N3O6S2. The Kier molecular flexibility index (Phi) is 5.65. The molecule has 0 fully saturated rings. The zero-order valence-corrected chi connectivity index (χ0v) is 13.0. The summed E-state index contributed by atoms with van der Waals surface area (Å²) in [6.07, 6.45) is 0. The summed E-state index contributed by atoms with van der Waals surface area (Å²) in [4.78, 5) is 0.223. The lowest BCUT2D eigenvalue weighted by Crippen LogP contribution is -2.02. The summed E-state index contributed by atoms with van der Waals surface area (Å²) in [5, 5.41) is 19.3. The molecule has 122 valence electrons. The van der Waals surface area contributed by atoms with E-state index in [-0.39, 0.29) is 11.4 Å². The largest absolute Gasteiger partial charge is 0.398 e. The fraction of sp³-hybridized carbons (Fsp3) is 0. The monoisotopic (exact) mass is 357 g/mol. The number of hydrogen-bond acceptors (Lipinski definition) is 9. The van der Waals surface area contributed by atoms with Gasteiger partial charge in [-0.1, -0.05) is 5.04 Å². The lowest BCUT2D eigenvalue weighted by atomic mass is 10.3. The molecule has 2 aromatic carbocycles. The van der Waals surface area contributed by atoms with Gasteiger partial charge in [-0.2, -0.15) is 18.6 Å². The van der Waals surface area contributed by atoms with Gasteiger partial charge in [0.2, 0.25) is 0 Å². The summed E-state index contributed by atoms with van der Waals surface area (Å²) in [5.74, 6) is 0. The molecule has 0 heterocycles. The number of hydrogen-bond donors (Lipinski definition) is 3. The van der Waals surface area contributed by atoms with Crippen molar-refractivity contribution in [3.63, 3.8) is 0 Å². The van der Waals surface area contributed by atoms with Crippen LogP contribution in [0, 0.1) is 0 Å². The van der Waals surface area contributed by atoms with Gasteiger partial charge in [-0.25, -0.2) is 5.26 Å². The van der Waals surface area contributed by atoms with Crippen molar-refractivity contribution in [3.8, 4) is 0 Å². The minimum Gasteiger partial charge on any atom is -0.398 e. The molecule has 0 amide bonds. The van der Waals surface area contributed by atoms with Crippen LogP contribution in [0.4, 0.5) is 17.1 Å². The van der Waals surface area contributed by atoms with Crippen molar-refractivity contribution in [2.24, 2.45) is 10.2 Å². The third-order valence-electron chi connectivity index (χ3n) is 2.55. The van der Waals surface area contributed by atoms with E-state index in [0.717, 1.165) is 18.1 Å². The second-order valence-electron chi connectivity index (χ2n) is 4.12. The average molecular weight is 357 g/mol. The number of nitrogens with two attached hydrogens (primary N) is 1. The van der Waals surface area contributed by atoms with Crippen LogP contribution in [0.5, 0.6) is 0 Å². The van der Waals surface area contributed by atoms with Crippen LogP contribution < -0.4 is 5.73 Å². The van der Waals surface area contributed by atoms with E-state index in [1.807, 2.05) is 0 Å². The lowest BCUT2D eigenvalue weighted by molar-refractivity contribution is -0.432. The van der Waals surface area contributed by atoms with Gasteiger partial charge in [-0.15, -0.1) is 4.33 Å². The van der Waals surface area contributed by atoms with Gasteiger partial charge >= 0.3 is 0 Å². The molecule has 2 aromatic rings. The van der Waals surface area contributed by atoms with E-state index in [1.165, 1.54) is 12.1 Å². The molecule has 0 aliphatic carbocycles. The first-order chi connectivity index (χ1) is 10.9. The highest BCUT2D eigenvalue weighted by atomic mass is 32.2. The second kappa shape index (κ2) is 7.50. The van der Waals surface area contributed by atoms with E-state index < -0.39 is 15.0 Å². The zero-order chi connectivity index (χ0) is 16.9. The molecule has 23 heavy (non-hydrogen) atoms. The Labute approximate surface area is 135 Å². The normalized spacial score (nSPS) is 11.9. The molecule has 2 rings (SSSR count). The Morgan fingerprint density at radius 3 is 2.26 bits per heavy atom. The summed E-state index contributed by atoms with van der Waals surface area (Å²) >= 11 is 0.797. The number of nitrogen functional groups attached to an aromatic ring is 1. The van der Waals surface area contributed by atoms with Gasteiger partial charge in [0.1, 0.15) is 4.90 Å². The Bertz CT molecular complexity index is 808. The Morgan fingerprint density at radius 2 is 1.65 bits per heavy atom. The Balaban J connectivity index is 2.17. The van der Waals surface area contributed by atoms with E-state index in [2.05, 4.69) is 19.6 Å². The van der Waals surface area contributed by atoms with Gasteiger partial charge in [0, 0.05) is 4.90 Å². The molecule has 4 N–H and O–H groups in total. The van der Waals surface area contributed by atoms with E-state index in [9.17, 15) is 8.42 Å². The SMILES string of the molecule is Nc1ccc(N=Nc2ccc(SOOO)cc2)cc1S(=O)(=O)O. The van der Waals surface area contributed by atoms with E-state index in [4.69, 9.17) is 15.5 Å². The van der Waals surface area contributed by atoms with Crippen LogP contribution in [-0.2, 0) is 19.5 Å². The van der Waals surface area contributed by atoms with Crippen LogP contribution in [0.15, 0.2) is 62.5 Å². The van der Waals surface area contributed by atoms with Crippen molar-refractivity contribution in [1.82, 2.24) is 0 Å². The third-order valence-corrected chi connectivity index (χ3v) is 4.06. The van der Waals surface area contributed by atoms with Crippen molar-refractivity contribution in [2.45, 2.75) is 9.79 Å². The van der Waals surface area contributed by atoms with Crippen LogP contribution in [0.25, 0.3) is 0 Å². The molecule has 0 aromatic heterocycles. The van der Waals surface area contributed by atoms with E-state index >= 15 is 0 Å². The molecule has 0 saturated heterocycles. The number of benzene rings is 2. The summed E-state index contributed by atoms with van der Waals surface area (Å²) < 4.78 is 35.7.